The first kappa shape index (κ1) is 25.7. The number of pyridine rings is 1. The van der Waals surface area contributed by atoms with Crippen LogP contribution in [-0.2, 0) is 20.8 Å². The van der Waals surface area contributed by atoms with Crippen molar-refractivity contribution in [2.45, 2.75) is 62.3 Å². The van der Waals surface area contributed by atoms with Crippen molar-refractivity contribution in [2.24, 2.45) is 11.1 Å². The van der Waals surface area contributed by atoms with Crippen molar-refractivity contribution in [3.63, 3.8) is 0 Å². The van der Waals surface area contributed by atoms with Gasteiger partial charge in [-0.2, -0.15) is 0 Å². The Morgan fingerprint density at radius 2 is 2.03 bits per heavy atom. The average Bonchev–Trinajstić information content (AvgIpc) is 3.38. The number of aromatic nitrogens is 4. The van der Waals surface area contributed by atoms with Crippen LogP contribution in [0.25, 0.3) is 5.65 Å². The molecule has 2 N–H and O–H groups in total. The molecule has 3 aromatic heterocycles. The molecule has 5 rings (SSSR count). The second-order valence-electron chi connectivity index (χ2n) is 9.74. The summed E-state index contributed by atoms with van der Waals surface area (Å²) in [7, 11) is 1.61. The maximum Gasteiger partial charge on any atom is 0.156 e. The number of imidazole rings is 1. The number of hydrogen-bond donors (Lipinski definition) is 1. The molecule has 2 aliphatic heterocycles. The first-order chi connectivity index (χ1) is 17.3. The maximum absolute atomic E-state index is 6.71. The van der Waals surface area contributed by atoms with Crippen LogP contribution in [-0.4, -0.2) is 65.1 Å². The zero-order valence-corrected chi connectivity index (χ0v) is 22.7. The number of hydrogen-bond acceptors (Lipinski definition) is 9. The number of nitrogens with two attached hydrogens (primary N) is 1. The van der Waals surface area contributed by atoms with Gasteiger partial charge in [0.25, 0.3) is 0 Å². The lowest BCUT2D eigenvalue weighted by atomic mass is 9.73. The van der Waals surface area contributed by atoms with Crippen LogP contribution in [0.2, 0.25) is 5.02 Å². The van der Waals surface area contributed by atoms with Gasteiger partial charge in [0.15, 0.2) is 11.5 Å². The number of nitrogens with zero attached hydrogens (tertiary/aromatic N) is 5. The van der Waals surface area contributed by atoms with Gasteiger partial charge in [-0.1, -0.05) is 23.4 Å². The number of rotatable bonds is 7. The van der Waals surface area contributed by atoms with Gasteiger partial charge in [0, 0.05) is 48.9 Å². The van der Waals surface area contributed by atoms with E-state index in [9.17, 15) is 0 Å². The van der Waals surface area contributed by atoms with Crippen molar-refractivity contribution >= 4 is 34.8 Å². The number of fused-ring (bicyclic) bond motifs is 1. The molecule has 9 nitrogen and oxygen atoms in total. The number of aryl methyl sites for hydroxylation is 2. The second-order valence-corrected chi connectivity index (χ2v) is 11.1. The van der Waals surface area contributed by atoms with E-state index in [4.69, 9.17) is 41.5 Å². The Kier molecular flexibility index (Phi) is 7.44. The molecule has 36 heavy (non-hydrogen) atoms. The largest absolute Gasteiger partial charge is 0.376 e. The summed E-state index contributed by atoms with van der Waals surface area (Å²) in [4.78, 5) is 17.7. The fourth-order valence-electron chi connectivity index (χ4n) is 5.14. The quantitative estimate of drug-likeness (QED) is 0.357. The van der Waals surface area contributed by atoms with Gasteiger partial charge in [-0.3, -0.25) is 0 Å². The highest BCUT2D eigenvalue weighted by Gasteiger charge is 2.47. The van der Waals surface area contributed by atoms with Gasteiger partial charge >= 0.3 is 0 Å². The average molecular weight is 533 g/mol. The molecule has 0 unspecified atom stereocenters. The van der Waals surface area contributed by atoms with Crippen LogP contribution in [0.4, 0.5) is 5.82 Å². The van der Waals surface area contributed by atoms with Gasteiger partial charge < -0.3 is 29.2 Å². The summed E-state index contributed by atoms with van der Waals surface area (Å²) in [5.74, 6) is 0.855. The number of methoxy groups -OCH3 is 1. The highest BCUT2D eigenvalue weighted by molar-refractivity contribution is 7.99. The Morgan fingerprint density at radius 3 is 2.72 bits per heavy atom. The standard InChI is InChI=1S/C25H33ClN6O3S/c1-15-11-32-8-5-19(20(26)23(32)28-15)36-24-16(2)29-22(18(30-24)12-34-14-33-4)31-9-6-25(7-10-31)13-35-17(3)21(25)27/h5,8,11,17,21H,6-7,9-10,12-14,27H2,1-4H3/t17-,21+/m0/s1. The number of piperidine rings is 1. The third-order valence-electron chi connectivity index (χ3n) is 7.28. The van der Waals surface area contributed by atoms with Crippen LogP contribution in [0.3, 0.4) is 0 Å². The summed E-state index contributed by atoms with van der Waals surface area (Å²) in [6.45, 7) is 8.93. The second kappa shape index (κ2) is 10.4. The summed E-state index contributed by atoms with van der Waals surface area (Å²) in [6, 6.07) is 2.05. The summed E-state index contributed by atoms with van der Waals surface area (Å²) in [5, 5.41) is 1.39. The van der Waals surface area contributed by atoms with Crippen molar-refractivity contribution in [2.75, 3.05) is 38.5 Å². The third-order valence-corrected chi connectivity index (χ3v) is 8.91. The Bertz CT molecular complexity index is 1250. The molecule has 3 aromatic rings. The molecule has 0 bridgehead atoms. The number of anilines is 1. The Labute approximate surface area is 220 Å². The number of halogens is 1. The minimum atomic E-state index is 0.0431. The van der Waals surface area contributed by atoms with E-state index < -0.39 is 0 Å². The first-order valence-electron chi connectivity index (χ1n) is 12.2. The summed E-state index contributed by atoms with van der Waals surface area (Å²) < 4.78 is 18.6. The predicted octanol–water partition coefficient (Wildman–Crippen LogP) is 4.00. The van der Waals surface area contributed by atoms with Crippen molar-refractivity contribution in [3.8, 4) is 0 Å². The van der Waals surface area contributed by atoms with Gasteiger partial charge in [0.2, 0.25) is 0 Å². The highest BCUT2D eigenvalue weighted by Crippen LogP contribution is 2.43. The molecule has 2 fully saturated rings. The summed E-state index contributed by atoms with van der Waals surface area (Å²) >= 11 is 8.20. The molecule has 0 aromatic carbocycles. The predicted molar refractivity (Wildman–Crippen MR) is 140 cm³/mol. The molecule has 0 saturated carbocycles. The summed E-state index contributed by atoms with van der Waals surface area (Å²) in [5.41, 5.74) is 9.84. The van der Waals surface area contributed by atoms with Gasteiger partial charge in [-0.15, -0.1) is 0 Å². The molecule has 0 aliphatic carbocycles. The van der Waals surface area contributed by atoms with Crippen LogP contribution in [0.15, 0.2) is 28.4 Å². The molecular weight excluding hydrogens is 500 g/mol. The molecule has 0 radical (unpaired) electrons. The lowest BCUT2D eigenvalue weighted by Crippen LogP contribution is -2.51. The molecule has 2 atom stereocenters. The normalized spacial score (nSPS) is 21.7. The minimum absolute atomic E-state index is 0.0431. The van der Waals surface area contributed by atoms with Gasteiger partial charge in [0.05, 0.1) is 35.7 Å². The van der Waals surface area contributed by atoms with E-state index in [1.165, 1.54) is 11.8 Å². The van der Waals surface area contributed by atoms with Crippen LogP contribution >= 0.6 is 23.4 Å². The zero-order chi connectivity index (χ0) is 25.4. The van der Waals surface area contributed by atoms with Gasteiger partial charge in [-0.25, -0.2) is 15.0 Å². The van der Waals surface area contributed by atoms with Crippen LogP contribution in [0.1, 0.15) is 36.8 Å². The van der Waals surface area contributed by atoms with E-state index >= 15 is 0 Å². The first-order valence-corrected chi connectivity index (χ1v) is 13.4. The van der Waals surface area contributed by atoms with Crippen molar-refractivity contribution in [1.82, 2.24) is 19.4 Å². The fourth-order valence-corrected chi connectivity index (χ4v) is 6.32. The van der Waals surface area contributed by atoms with E-state index in [0.717, 1.165) is 71.0 Å². The lowest BCUT2D eigenvalue weighted by Gasteiger charge is -2.42. The van der Waals surface area contributed by atoms with Crippen LogP contribution < -0.4 is 10.6 Å². The van der Waals surface area contributed by atoms with E-state index in [2.05, 4.69) is 16.8 Å². The topological polar surface area (TPSA) is 100 Å². The molecule has 1 spiro atoms. The molecule has 194 valence electrons. The van der Waals surface area contributed by atoms with E-state index in [0.29, 0.717) is 11.6 Å². The lowest BCUT2D eigenvalue weighted by molar-refractivity contribution is -0.0402. The van der Waals surface area contributed by atoms with E-state index in [1.54, 1.807) is 7.11 Å². The fraction of sp³-hybridized carbons (Fsp3) is 0.560. The van der Waals surface area contributed by atoms with Crippen molar-refractivity contribution in [3.05, 3.63) is 40.6 Å². The Balaban J connectivity index is 1.41. The molecular formula is C25H33ClN6O3S. The van der Waals surface area contributed by atoms with Crippen molar-refractivity contribution < 1.29 is 14.2 Å². The third kappa shape index (κ3) is 4.82. The summed E-state index contributed by atoms with van der Waals surface area (Å²) in [6.07, 6.45) is 5.95. The Morgan fingerprint density at radius 1 is 1.25 bits per heavy atom. The monoisotopic (exact) mass is 532 g/mol. The number of ether oxygens (including phenoxy) is 3. The molecule has 2 saturated heterocycles. The molecule has 11 heteroatoms. The van der Waals surface area contributed by atoms with Crippen LogP contribution in [0.5, 0.6) is 0 Å². The van der Waals surface area contributed by atoms with Gasteiger partial charge in [-0.05, 0) is 39.7 Å². The Hall–Kier alpha value is -1.95. The zero-order valence-electron chi connectivity index (χ0n) is 21.2. The van der Waals surface area contributed by atoms with Crippen molar-refractivity contribution in [1.29, 1.82) is 0 Å². The minimum Gasteiger partial charge on any atom is -0.376 e. The molecule has 2 aliphatic rings. The van der Waals surface area contributed by atoms with E-state index in [-0.39, 0.29) is 24.4 Å². The van der Waals surface area contributed by atoms with E-state index in [1.807, 2.05) is 36.7 Å². The molecule has 5 heterocycles. The van der Waals surface area contributed by atoms with Gasteiger partial charge in [0.1, 0.15) is 17.5 Å². The highest BCUT2D eigenvalue weighted by atomic mass is 35.5. The SMILES string of the molecule is COCOCc1nc(Sc2ccn3cc(C)nc3c2Cl)c(C)nc1N1CCC2(CC1)CO[C@@H](C)[C@H]2N. The molecule has 0 amide bonds. The van der Waals surface area contributed by atoms with Crippen LogP contribution in [0, 0.1) is 19.3 Å². The smallest absolute Gasteiger partial charge is 0.156 e. The maximum atomic E-state index is 6.71.